The first-order valence-electron chi connectivity index (χ1n) is 5.71. The lowest BCUT2D eigenvalue weighted by molar-refractivity contribution is -0.135. The van der Waals surface area contributed by atoms with Crippen LogP contribution in [0.5, 0.6) is 0 Å². The largest absolute Gasteiger partial charge is 0.341 e. The fraction of sp³-hybridized carbons (Fsp3) is 0.909. The number of carbonyl (C=O) groups is 1. The standard InChI is InChI=1S/C11H20N2O/c1-8(12)11(14)13-6-9-3-2-4-10(5-9)7-13/h8-10H,2-7,12H2,1H3/t8-,9?,10?/m1/s1. The van der Waals surface area contributed by atoms with Gasteiger partial charge in [0.1, 0.15) is 0 Å². The molecular formula is C11H20N2O. The molecule has 3 nitrogen and oxygen atoms in total. The van der Waals surface area contributed by atoms with Gasteiger partial charge in [0.05, 0.1) is 6.04 Å². The van der Waals surface area contributed by atoms with Crippen molar-refractivity contribution in [3.05, 3.63) is 0 Å². The molecule has 0 aromatic heterocycles. The van der Waals surface area contributed by atoms with Crippen LogP contribution in [0.1, 0.15) is 32.6 Å². The molecule has 1 aliphatic carbocycles. The third-order valence-corrected chi connectivity index (χ3v) is 3.55. The topological polar surface area (TPSA) is 46.3 Å². The van der Waals surface area contributed by atoms with E-state index in [1.165, 1.54) is 25.7 Å². The number of rotatable bonds is 1. The Kier molecular flexibility index (Phi) is 2.77. The molecule has 2 rings (SSSR count). The average molecular weight is 196 g/mol. The summed E-state index contributed by atoms with van der Waals surface area (Å²) in [5.74, 6) is 1.65. The van der Waals surface area contributed by atoms with E-state index in [4.69, 9.17) is 5.73 Å². The molecule has 0 aromatic carbocycles. The van der Waals surface area contributed by atoms with E-state index >= 15 is 0 Å². The molecule has 80 valence electrons. The molecule has 0 radical (unpaired) electrons. The average Bonchev–Trinajstić information content (AvgIpc) is 2.15. The summed E-state index contributed by atoms with van der Waals surface area (Å²) in [5.41, 5.74) is 5.63. The van der Waals surface area contributed by atoms with Gasteiger partial charge in [-0.15, -0.1) is 0 Å². The minimum absolute atomic E-state index is 0.140. The molecule has 2 aliphatic rings. The minimum atomic E-state index is -0.325. The van der Waals surface area contributed by atoms with Gasteiger partial charge in [-0.2, -0.15) is 0 Å². The van der Waals surface area contributed by atoms with Crippen molar-refractivity contribution in [1.82, 2.24) is 4.90 Å². The van der Waals surface area contributed by atoms with Gasteiger partial charge in [0.25, 0.3) is 0 Å². The van der Waals surface area contributed by atoms with E-state index in [0.29, 0.717) is 0 Å². The molecule has 1 aliphatic heterocycles. The van der Waals surface area contributed by atoms with E-state index in [1.54, 1.807) is 6.92 Å². The van der Waals surface area contributed by atoms with Crippen molar-refractivity contribution in [2.75, 3.05) is 13.1 Å². The van der Waals surface area contributed by atoms with Crippen LogP contribution in [0.3, 0.4) is 0 Å². The molecule has 2 unspecified atom stereocenters. The lowest BCUT2D eigenvalue weighted by Crippen LogP contribution is -2.50. The van der Waals surface area contributed by atoms with Gasteiger partial charge >= 0.3 is 0 Å². The molecule has 14 heavy (non-hydrogen) atoms. The van der Waals surface area contributed by atoms with E-state index in [2.05, 4.69) is 0 Å². The first-order valence-corrected chi connectivity index (χ1v) is 5.71. The Bertz CT molecular complexity index is 215. The summed E-state index contributed by atoms with van der Waals surface area (Å²) in [6.45, 7) is 3.69. The lowest BCUT2D eigenvalue weighted by Gasteiger charge is -2.41. The number of carbonyl (C=O) groups excluding carboxylic acids is 1. The maximum atomic E-state index is 11.7. The van der Waals surface area contributed by atoms with E-state index in [0.717, 1.165) is 24.9 Å². The third kappa shape index (κ3) is 1.92. The fourth-order valence-corrected chi connectivity index (χ4v) is 2.90. The van der Waals surface area contributed by atoms with E-state index in [-0.39, 0.29) is 11.9 Å². The molecule has 0 spiro atoms. The maximum Gasteiger partial charge on any atom is 0.239 e. The summed E-state index contributed by atoms with van der Waals surface area (Å²) >= 11 is 0. The SMILES string of the molecule is C[C@@H](N)C(=O)N1CC2CCCC(C2)C1. The van der Waals surface area contributed by atoms with Crippen molar-refractivity contribution >= 4 is 5.91 Å². The van der Waals surface area contributed by atoms with Crippen molar-refractivity contribution in [2.45, 2.75) is 38.6 Å². The Balaban J connectivity index is 1.98. The Labute approximate surface area is 85.6 Å². The third-order valence-electron chi connectivity index (χ3n) is 3.55. The maximum absolute atomic E-state index is 11.7. The highest BCUT2D eigenvalue weighted by Gasteiger charge is 2.33. The van der Waals surface area contributed by atoms with Crippen LogP contribution >= 0.6 is 0 Å². The summed E-state index contributed by atoms with van der Waals surface area (Å²) < 4.78 is 0. The summed E-state index contributed by atoms with van der Waals surface area (Å²) in [4.78, 5) is 13.7. The number of fused-ring (bicyclic) bond motifs is 2. The van der Waals surface area contributed by atoms with Crippen molar-refractivity contribution < 1.29 is 4.79 Å². The molecule has 0 aromatic rings. The summed E-state index contributed by atoms with van der Waals surface area (Å²) in [6, 6.07) is -0.325. The molecule has 1 amide bonds. The highest BCUT2D eigenvalue weighted by molar-refractivity contribution is 5.81. The van der Waals surface area contributed by atoms with Crippen molar-refractivity contribution in [1.29, 1.82) is 0 Å². The van der Waals surface area contributed by atoms with Crippen LogP contribution in [-0.4, -0.2) is 29.9 Å². The van der Waals surface area contributed by atoms with Crippen molar-refractivity contribution in [3.63, 3.8) is 0 Å². The predicted molar refractivity (Wildman–Crippen MR) is 55.7 cm³/mol. The van der Waals surface area contributed by atoms with Gasteiger partial charge in [0.2, 0.25) is 5.91 Å². The van der Waals surface area contributed by atoms with Crippen LogP contribution < -0.4 is 5.73 Å². The van der Waals surface area contributed by atoms with Crippen LogP contribution in [0.15, 0.2) is 0 Å². The first-order chi connectivity index (χ1) is 6.66. The van der Waals surface area contributed by atoms with Gasteiger partial charge < -0.3 is 10.6 Å². The van der Waals surface area contributed by atoms with E-state index in [1.807, 2.05) is 4.90 Å². The Morgan fingerprint density at radius 2 is 1.93 bits per heavy atom. The predicted octanol–water partition coefficient (Wildman–Crippen LogP) is 0.982. The van der Waals surface area contributed by atoms with Gasteiger partial charge in [-0.05, 0) is 38.0 Å². The molecular weight excluding hydrogens is 176 g/mol. The molecule has 3 heteroatoms. The number of piperidine rings is 1. The summed E-state index contributed by atoms with van der Waals surface area (Å²) in [6.07, 6.45) is 5.30. The first kappa shape index (κ1) is 9.97. The molecule has 1 saturated carbocycles. The van der Waals surface area contributed by atoms with Crippen LogP contribution in [0.25, 0.3) is 0 Å². The molecule has 3 atom stereocenters. The van der Waals surface area contributed by atoms with E-state index < -0.39 is 0 Å². The normalized spacial score (nSPS) is 34.0. The highest BCUT2D eigenvalue weighted by Crippen LogP contribution is 2.34. The number of likely N-dealkylation sites (tertiary alicyclic amines) is 1. The number of nitrogens with two attached hydrogens (primary N) is 1. The van der Waals surface area contributed by atoms with Crippen LogP contribution in [0.2, 0.25) is 0 Å². The Morgan fingerprint density at radius 3 is 2.43 bits per heavy atom. The lowest BCUT2D eigenvalue weighted by atomic mass is 9.78. The minimum Gasteiger partial charge on any atom is -0.341 e. The molecule has 2 fully saturated rings. The molecule has 2 bridgehead atoms. The second-order valence-electron chi connectivity index (χ2n) is 4.93. The zero-order chi connectivity index (χ0) is 10.1. The monoisotopic (exact) mass is 196 g/mol. The zero-order valence-electron chi connectivity index (χ0n) is 8.91. The second kappa shape index (κ2) is 3.89. The second-order valence-corrected chi connectivity index (χ2v) is 4.93. The van der Waals surface area contributed by atoms with Crippen LogP contribution in [0.4, 0.5) is 0 Å². The number of hydrogen-bond donors (Lipinski definition) is 1. The van der Waals surface area contributed by atoms with Gasteiger partial charge in [0.15, 0.2) is 0 Å². The highest BCUT2D eigenvalue weighted by atomic mass is 16.2. The molecule has 1 saturated heterocycles. The quantitative estimate of drug-likeness (QED) is 0.679. The fourth-order valence-electron chi connectivity index (χ4n) is 2.90. The Hall–Kier alpha value is -0.570. The Morgan fingerprint density at radius 1 is 1.36 bits per heavy atom. The van der Waals surface area contributed by atoms with Gasteiger partial charge in [-0.3, -0.25) is 4.79 Å². The van der Waals surface area contributed by atoms with Crippen molar-refractivity contribution in [2.24, 2.45) is 17.6 Å². The number of amides is 1. The van der Waals surface area contributed by atoms with Gasteiger partial charge in [-0.25, -0.2) is 0 Å². The van der Waals surface area contributed by atoms with Crippen molar-refractivity contribution in [3.8, 4) is 0 Å². The summed E-state index contributed by atoms with van der Waals surface area (Å²) in [5, 5.41) is 0. The molecule has 1 heterocycles. The van der Waals surface area contributed by atoms with Crippen LogP contribution in [0, 0.1) is 11.8 Å². The smallest absolute Gasteiger partial charge is 0.239 e. The molecule has 2 N–H and O–H groups in total. The zero-order valence-corrected chi connectivity index (χ0v) is 8.91. The van der Waals surface area contributed by atoms with E-state index in [9.17, 15) is 4.79 Å². The van der Waals surface area contributed by atoms with Crippen LogP contribution in [-0.2, 0) is 4.79 Å². The number of nitrogens with zero attached hydrogens (tertiary/aromatic N) is 1. The number of hydrogen-bond acceptors (Lipinski definition) is 2. The van der Waals surface area contributed by atoms with Gasteiger partial charge in [0, 0.05) is 13.1 Å². The summed E-state index contributed by atoms with van der Waals surface area (Å²) in [7, 11) is 0. The van der Waals surface area contributed by atoms with Gasteiger partial charge in [-0.1, -0.05) is 6.42 Å².